The van der Waals surface area contributed by atoms with Gasteiger partial charge in [-0.05, 0) is 48.2 Å². The fourth-order valence-corrected chi connectivity index (χ4v) is 3.91. The van der Waals surface area contributed by atoms with E-state index in [-0.39, 0.29) is 11.9 Å². The van der Waals surface area contributed by atoms with Gasteiger partial charge in [0, 0.05) is 32.2 Å². The number of likely N-dealkylation sites (N-methyl/N-ethyl adjacent to an activating group) is 1. The summed E-state index contributed by atoms with van der Waals surface area (Å²) in [6, 6.07) is 15.3. The van der Waals surface area contributed by atoms with E-state index in [1.165, 1.54) is 4.90 Å². The van der Waals surface area contributed by atoms with Gasteiger partial charge in [-0.25, -0.2) is 4.99 Å². The fourth-order valence-electron chi connectivity index (χ4n) is 3.91. The third kappa shape index (κ3) is 3.51. The van der Waals surface area contributed by atoms with Crippen molar-refractivity contribution in [1.82, 2.24) is 4.90 Å². The van der Waals surface area contributed by atoms with E-state index in [1.54, 1.807) is 13.1 Å². The van der Waals surface area contributed by atoms with Crippen LogP contribution in [0.15, 0.2) is 47.5 Å². The number of amides is 1. The lowest BCUT2D eigenvalue weighted by molar-refractivity contribution is -0.131. The first-order valence-electron chi connectivity index (χ1n) is 10.0. The lowest BCUT2D eigenvalue weighted by Crippen LogP contribution is -2.41. The highest BCUT2D eigenvalue weighted by Gasteiger charge is 2.49. The number of guanidine groups is 1. The van der Waals surface area contributed by atoms with Gasteiger partial charge >= 0.3 is 0 Å². The predicted molar refractivity (Wildman–Crippen MR) is 113 cm³/mol. The van der Waals surface area contributed by atoms with Crippen LogP contribution in [0, 0.1) is 11.3 Å². The van der Waals surface area contributed by atoms with Crippen molar-refractivity contribution in [2.45, 2.75) is 24.8 Å². The number of nitriles is 1. The van der Waals surface area contributed by atoms with E-state index in [1.807, 2.05) is 36.4 Å². The highest BCUT2D eigenvalue weighted by atomic mass is 16.5. The molecule has 1 atom stereocenters. The molecular formula is C23H24N4O3. The molecule has 2 heterocycles. The summed E-state index contributed by atoms with van der Waals surface area (Å²) in [6.45, 7) is 1.54. The number of ether oxygens (including phenoxy) is 2. The van der Waals surface area contributed by atoms with E-state index in [0.29, 0.717) is 43.1 Å². The molecule has 2 aliphatic rings. The van der Waals surface area contributed by atoms with Crippen LogP contribution in [0.1, 0.15) is 30.4 Å². The van der Waals surface area contributed by atoms with Gasteiger partial charge in [0.1, 0.15) is 5.75 Å². The van der Waals surface area contributed by atoms with Crippen LogP contribution in [-0.2, 0) is 15.1 Å². The molecule has 30 heavy (non-hydrogen) atoms. The Labute approximate surface area is 175 Å². The van der Waals surface area contributed by atoms with E-state index in [9.17, 15) is 10.1 Å². The second-order valence-electron chi connectivity index (χ2n) is 7.52. The number of hydrogen-bond acceptors (Lipinski definition) is 6. The number of carbonyl (C=O) groups is 1. The topological polar surface area (TPSA) is 101 Å². The van der Waals surface area contributed by atoms with Crippen molar-refractivity contribution >= 4 is 11.9 Å². The largest absolute Gasteiger partial charge is 0.493 e. The molecule has 7 heteroatoms. The monoisotopic (exact) mass is 404 g/mol. The molecule has 0 fully saturated rings. The van der Waals surface area contributed by atoms with Gasteiger partial charge in [0.15, 0.2) is 11.5 Å². The molecule has 0 radical (unpaired) electrons. The second kappa shape index (κ2) is 8.17. The van der Waals surface area contributed by atoms with Crippen LogP contribution in [0.5, 0.6) is 5.75 Å². The zero-order chi connectivity index (χ0) is 21.1. The number of aliphatic imine (C=N–C) groups is 1. The first kappa shape index (κ1) is 19.9. The van der Waals surface area contributed by atoms with Gasteiger partial charge in [-0.3, -0.25) is 9.69 Å². The van der Waals surface area contributed by atoms with Gasteiger partial charge in [-0.1, -0.05) is 18.2 Å². The van der Waals surface area contributed by atoms with Crippen molar-refractivity contribution in [3.05, 3.63) is 53.6 Å². The highest BCUT2D eigenvalue weighted by Crippen LogP contribution is 2.43. The minimum atomic E-state index is -1.19. The van der Waals surface area contributed by atoms with Gasteiger partial charge in [0.2, 0.25) is 0 Å². The van der Waals surface area contributed by atoms with Crippen LogP contribution in [0.4, 0.5) is 0 Å². The molecule has 154 valence electrons. The van der Waals surface area contributed by atoms with Crippen molar-refractivity contribution < 1.29 is 14.3 Å². The van der Waals surface area contributed by atoms with E-state index >= 15 is 0 Å². The van der Waals surface area contributed by atoms with Gasteiger partial charge in [-0.15, -0.1) is 0 Å². The lowest BCUT2D eigenvalue weighted by atomic mass is 9.84. The Balaban J connectivity index is 1.88. The van der Waals surface area contributed by atoms with Crippen molar-refractivity contribution in [1.29, 1.82) is 5.26 Å². The molecule has 2 aliphatic heterocycles. The van der Waals surface area contributed by atoms with Gasteiger partial charge in [0.25, 0.3) is 5.91 Å². The Kier molecular flexibility index (Phi) is 5.42. The number of hydrogen-bond donors (Lipinski definition) is 1. The van der Waals surface area contributed by atoms with Gasteiger partial charge in [-0.2, -0.15) is 5.26 Å². The average Bonchev–Trinajstić information content (AvgIpc) is 2.97. The number of carbonyl (C=O) groups excluding carboxylic acids is 1. The second-order valence-corrected chi connectivity index (χ2v) is 7.52. The number of fused-ring (bicyclic) bond motifs is 2. The summed E-state index contributed by atoms with van der Waals surface area (Å²) in [5.74, 6) is 0.602. The average molecular weight is 404 g/mol. The summed E-state index contributed by atoms with van der Waals surface area (Å²) < 4.78 is 11.8. The lowest BCUT2D eigenvalue weighted by Gasteiger charge is -2.27. The predicted octanol–water partition coefficient (Wildman–Crippen LogP) is 2.79. The maximum Gasteiger partial charge on any atom is 0.261 e. The van der Waals surface area contributed by atoms with Crippen LogP contribution >= 0.6 is 0 Å². The van der Waals surface area contributed by atoms with E-state index in [4.69, 9.17) is 15.2 Å². The molecule has 4 rings (SSSR count). The van der Waals surface area contributed by atoms with Crippen molar-refractivity contribution in [2.24, 2.45) is 10.7 Å². The molecule has 2 aromatic carbocycles. The van der Waals surface area contributed by atoms with Crippen LogP contribution in [0.3, 0.4) is 0 Å². The Morgan fingerprint density at radius 3 is 2.70 bits per heavy atom. The minimum absolute atomic E-state index is 0.178. The van der Waals surface area contributed by atoms with Crippen molar-refractivity contribution in [2.75, 3.05) is 26.9 Å². The molecule has 2 aromatic rings. The third-order valence-corrected chi connectivity index (χ3v) is 5.61. The van der Waals surface area contributed by atoms with Crippen LogP contribution in [-0.4, -0.2) is 43.6 Å². The molecule has 1 spiro atoms. The van der Waals surface area contributed by atoms with Crippen LogP contribution in [0.25, 0.3) is 11.1 Å². The first-order valence-corrected chi connectivity index (χ1v) is 10.0. The number of rotatable bonds is 1. The first-order chi connectivity index (χ1) is 14.5. The maximum atomic E-state index is 13.3. The summed E-state index contributed by atoms with van der Waals surface area (Å²) in [5.41, 5.74) is 7.86. The molecule has 2 N–H and O–H groups in total. The smallest absolute Gasteiger partial charge is 0.261 e. The van der Waals surface area contributed by atoms with E-state index < -0.39 is 5.54 Å². The van der Waals surface area contributed by atoms with Gasteiger partial charge in [0.05, 0.1) is 18.2 Å². The maximum absolute atomic E-state index is 13.3. The van der Waals surface area contributed by atoms with Crippen molar-refractivity contribution in [3.8, 4) is 22.9 Å². The Hall–Kier alpha value is -3.37. The summed E-state index contributed by atoms with van der Waals surface area (Å²) >= 11 is 0. The zero-order valence-corrected chi connectivity index (χ0v) is 16.9. The molecule has 0 saturated carbocycles. The van der Waals surface area contributed by atoms with Crippen LogP contribution < -0.4 is 10.5 Å². The van der Waals surface area contributed by atoms with Crippen LogP contribution in [0.2, 0.25) is 0 Å². The van der Waals surface area contributed by atoms with E-state index in [0.717, 1.165) is 24.0 Å². The summed E-state index contributed by atoms with van der Waals surface area (Å²) in [5, 5.41) is 9.25. The summed E-state index contributed by atoms with van der Waals surface area (Å²) in [4.78, 5) is 19.3. The summed E-state index contributed by atoms with van der Waals surface area (Å²) in [7, 11) is 1.63. The molecule has 0 unspecified atom stereocenters. The highest BCUT2D eigenvalue weighted by molar-refractivity contribution is 6.07. The normalized spacial score (nSPS) is 21.9. The Bertz CT molecular complexity index is 1040. The zero-order valence-electron chi connectivity index (χ0n) is 16.9. The third-order valence-electron chi connectivity index (χ3n) is 5.61. The number of nitrogens with two attached hydrogens (primary N) is 1. The molecule has 7 nitrogen and oxygen atoms in total. The SMILES string of the molecule is CN1C(=O)[C@@]2(CCOCCCCOc3ccc(-c4cccc(C#N)c4)cc32)N=C1N. The summed E-state index contributed by atoms with van der Waals surface area (Å²) in [6.07, 6.45) is 2.12. The minimum Gasteiger partial charge on any atom is -0.493 e. The van der Waals surface area contributed by atoms with E-state index in [2.05, 4.69) is 11.1 Å². The quantitative estimate of drug-likeness (QED) is 0.788. The molecule has 0 aromatic heterocycles. The van der Waals surface area contributed by atoms with Gasteiger partial charge < -0.3 is 15.2 Å². The number of benzene rings is 2. The fraction of sp³-hybridized carbons (Fsp3) is 0.348. The Morgan fingerprint density at radius 2 is 1.93 bits per heavy atom. The Morgan fingerprint density at radius 1 is 1.13 bits per heavy atom. The molecular weight excluding hydrogens is 380 g/mol. The molecule has 0 saturated heterocycles. The molecule has 1 amide bonds. The molecule has 0 aliphatic carbocycles. The number of nitrogens with zero attached hydrogens (tertiary/aromatic N) is 3. The standard InChI is InChI=1S/C23H24N4O3/c1-27-21(28)23(26-22(27)25)9-12-29-10-2-3-11-30-20-8-7-18(14-19(20)23)17-6-4-5-16(13-17)15-24/h4-8,13-14H,2-3,9-12H2,1H3,(H2,25,26)/t23-/m0/s1. The molecule has 0 bridgehead atoms. The van der Waals surface area contributed by atoms with Crippen molar-refractivity contribution in [3.63, 3.8) is 0 Å².